The van der Waals surface area contributed by atoms with Crippen molar-refractivity contribution in [1.29, 1.82) is 0 Å². The summed E-state index contributed by atoms with van der Waals surface area (Å²) in [7, 11) is -2.29. The molecule has 2 aromatic rings. The number of methoxy groups -OCH3 is 1. The number of sulfonamides is 1. The summed E-state index contributed by atoms with van der Waals surface area (Å²) in [6.45, 7) is 4.44. The van der Waals surface area contributed by atoms with Gasteiger partial charge in [0.1, 0.15) is 5.75 Å². The van der Waals surface area contributed by atoms with E-state index in [4.69, 9.17) is 4.74 Å². The number of carbonyl (C=O) groups excluding carboxylic acids is 2. The Hall–Kier alpha value is -2.91. The number of hydrogen-bond donors (Lipinski definition) is 2. The number of carbonyl (C=O) groups is 2. The van der Waals surface area contributed by atoms with Crippen LogP contribution in [0.2, 0.25) is 0 Å². The van der Waals surface area contributed by atoms with Gasteiger partial charge >= 0.3 is 0 Å². The lowest BCUT2D eigenvalue weighted by Crippen LogP contribution is -2.37. The van der Waals surface area contributed by atoms with Crippen molar-refractivity contribution in [1.82, 2.24) is 4.31 Å². The first-order valence-corrected chi connectivity index (χ1v) is 11.5. The minimum Gasteiger partial charge on any atom is -0.496 e. The number of ether oxygens (including phenoxy) is 1. The van der Waals surface area contributed by atoms with Gasteiger partial charge in [0.2, 0.25) is 15.9 Å². The van der Waals surface area contributed by atoms with Crippen LogP contribution in [-0.2, 0) is 14.8 Å². The molecule has 3 rings (SSSR count). The number of anilines is 2. The number of piperidine rings is 1. The molecule has 166 valence electrons. The van der Waals surface area contributed by atoms with E-state index in [1.807, 2.05) is 0 Å². The molecular weight excluding hydrogens is 418 g/mol. The minimum absolute atomic E-state index is 0.0556. The van der Waals surface area contributed by atoms with E-state index in [-0.39, 0.29) is 22.1 Å². The quantitative estimate of drug-likeness (QED) is 0.710. The molecule has 0 saturated carbocycles. The molecule has 31 heavy (non-hydrogen) atoms. The van der Waals surface area contributed by atoms with Gasteiger partial charge in [0.25, 0.3) is 5.91 Å². The number of benzene rings is 2. The molecule has 1 aliphatic heterocycles. The molecule has 0 atom stereocenters. The van der Waals surface area contributed by atoms with Crippen molar-refractivity contribution >= 4 is 33.2 Å². The zero-order chi connectivity index (χ0) is 22.6. The highest BCUT2D eigenvalue weighted by Crippen LogP contribution is 2.28. The van der Waals surface area contributed by atoms with Crippen LogP contribution in [0.5, 0.6) is 5.75 Å². The van der Waals surface area contributed by atoms with Crippen LogP contribution in [0.1, 0.15) is 37.0 Å². The Morgan fingerprint density at radius 2 is 1.68 bits per heavy atom. The van der Waals surface area contributed by atoms with E-state index in [0.717, 1.165) is 12.8 Å². The number of rotatable bonds is 6. The molecule has 0 unspecified atom stereocenters. The minimum atomic E-state index is -3.71. The maximum absolute atomic E-state index is 13.1. The van der Waals surface area contributed by atoms with Crippen molar-refractivity contribution in [3.05, 3.63) is 48.0 Å². The van der Waals surface area contributed by atoms with E-state index in [1.165, 1.54) is 36.5 Å². The van der Waals surface area contributed by atoms with Crippen LogP contribution in [0.3, 0.4) is 0 Å². The van der Waals surface area contributed by atoms with Crippen LogP contribution in [0.4, 0.5) is 11.4 Å². The zero-order valence-electron chi connectivity index (χ0n) is 17.8. The zero-order valence-corrected chi connectivity index (χ0v) is 18.7. The standard InChI is InChI=1S/C22H27N3O5S/c1-15-9-11-25(12-10-15)31(28,29)19-7-8-21(30-3)20(14-19)22(27)24-18-6-4-5-17(13-18)23-16(2)26/h4-8,13-15H,9-12H2,1-3H3,(H,23,26)(H,24,27). The van der Waals surface area contributed by atoms with Crippen molar-refractivity contribution in [3.8, 4) is 5.75 Å². The molecule has 1 aliphatic rings. The van der Waals surface area contributed by atoms with Gasteiger partial charge in [0.15, 0.2) is 0 Å². The van der Waals surface area contributed by atoms with Crippen molar-refractivity contribution < 1.29 is 22.7 Å². The number of hydrogen-bond acceptors (Lipinski definition) is 5. The Labute approximate surface area is 182 Å². The van der Waals surface area contributed by atoms with E-state index in [1.54, 1.807) is 24.3 Å². The molecule has 0 aromatic heterocycles. The summed E-state index contributed by atoms with van der Waals surface area (Å²) in [5, 5.41) is 5.38. The van der Waals surface area contributed by atoms with Crippen LogP contribution < -0.4 is 15.4 Å². The van der Waals surface area contributed by atoms with Gasteiger partial charge in [0.05, 0.1) is 17.6 Å². The van der Waals surface area contributed by atoms with Crippen LogP contribution in [0.25, 0.3) is 0 Å². The number of nitrogens with zero attached hydrogens (tertiary/aromatic N) is 1. The second-order valence-corrected chi connectivity index (χ2v) is 9.60. The molecule has 9 heteroatoms. The van der Waals surface area contributed by atoms with Gasteiger partial charge in [-0.1, -0.05) is 13.0 Å². The first kappa shape index (κ1) is 22.8. The van der Waals surface area contributed by atoms with E-state index >= 15 is 0 Å². The summed E-state index contributed by atoms with van der Waals surface area (Å²) in [4.78, 5) is 24.3. The third kappa shape index (κ3) is 5.42. The van der Waals surface area contributed by atoms with E-state index in [9.17, 15) is 18.0 Å². The average Bonchev–Trinajstić information content (AvgIpc) is 2.73. The first-order valence-electron chi connectivity index (χ1n) is 10.1. The highest BCUT2D eigenvalue weighted by Gasteiger charge is 2.29. The van der Waals surface area contributed by atoms with Gasteiger partial charge in [-0.05, 0) is 55.2 Å². The predicted octanol–water partition coefficient (Wildman–Crippen LogP) is 3.33. The second-order valence-electron chi connectivity index (χ2n) is 7.66. The molecular formula is C22H27N3O5S. The maximum Gasteiger partial charge on any atom is 0.259 e. The molecule has 0 spiro atoms. The van der Waals surface area contributed by atoms with Gasteiger partial charge in [-0.25, -0.2) is 8.42 Å². The Morgan fingerprint density at radius 3 is 2.29 bits per heavy atom. The highest BCUT2D eigenvalue weighted by atomic mass is 32.2. The molecule has 1 heterocycles. The summed E-state index contributed by atoms with van der Waals surface area (Å²) in [6, 6.07) is 11.0. The normalized spacial score (nSPS) is 15.3. The van der Waals surface area contributed by atoms with Gasteiger partial charge < -0.3 is 15.4 Å². The van der Waals surface area contributed by atoms with E-state index in [0.29, 0.717) is 30.4 Å². The summed E-state index contributed by atoms with van der Waals surface area (Å²) >= 11 is 0. The van der Waals surface area contributed by atoms with Gasteiger partial charge in [-0.3, -0.25) is 9.59 Å². The van der Waals surface area contributed by atoms with E-state index < -0.39 is 15.9 Å². The summed E-state index contributed by atoms with van der Waals surface area (Å²) in [6.07, 6.45) is 1.63. The van der Waals surface area contributed by atoms with Crippen LogP contribution in [-0.4, -0.2) is 44.7 Å². The SMILES string of the molecule is COc1ccc(S(=O)(=O)N2CCC(C)CC2)cc1C(=O)Nc1cccc(NC(C)=O)c1. The van der Waals surface area contributed by atoms with Crippen LogP contribution in [0, 0.1) is 5.92 Å². The number of amides is 2. The fourth-order valence-electron chi connectivity index (χ4n) is 3.48. The van der Waals surface area contributed by atoms with Crippen LogP contribution in [0.15, 0.2) is 47.4 Å². The van der Waals surface area contributed by atoms with Gasteiger partial charge in [-0.2, -0.15) is 4.31 Å². The molecule has 2 aromatic carbocycles. The van der Waals surface area contributed by atoms with Crippen LogP contribution >= 0.6 is 0 Å². The predicted molar refractivity (Wildman–Crippen MR) is 119 cm³/mol. The maximum atomic E-state index is 13.1. The monoisotopic (exact) mass is 445 g/mol. The first-order chi connectivity index (χ1) is 14.7. The molecule has 2 N–H and O–H groups in total. The van der Waals surface area contributed by atoms with Gasteiger partial charge in [0, 0.05) is 31.4 Å². The van der Waals surface area contributed by atoms with Crippen molar-refractivity contribution in [3.63, 3.8) is 0 Å². The topological polar surface area (TPSA) is 105 Å². The second kappa shape index (κ2) is 9.49. The molecule has 0 radical (unpaired) electrons. The summed E-state index contributed by atoms with van der Waals surface area (Å²) < 4.78 is 32.9. The van der Waals surface area contributed by atoms with Crippen molar-refractivity contribution in [2.45, 2.75) is 31.6 Å². The fourth-order valence-corrected chi connectivity index (χ4v) is 4.97. The Balaban J connectivity index is 1.87. The smallest absolute Gasteiger partial charge is 0.259 e. The summed E-state index contributed by atoms with van der Waals surface area (Å²) in [5.41, 5.74) is 1.10. The molecule has 1 fully saturated rings. The van der Waals surface area contributed by atoms with E-state index in [2.05, 4.69) is 17.6 Å². The van der Waals surface area contributed by atoms with Crippen molar-refractivity contribution in [2.24, 2.45) is 5.92 Å². The molecule has 1 saturated heterocycles. The third-order valence-corrected chi connectivity index (χ3v) is 7.13. The summed E-state index contributed by atoms with van der Waals surface area (Å²) in [5.74, 6) is 0.0231. The Kier molecular flexibility index (Phi) is 6.97. The lowest BCUT2D eigenvalue weighted by Gasteiger charge is -2.29. The Morgan fingerprint density at radius 1 is 1.03 bits per heavy atom. The Bertz CT molecular complexity index is 1080. The van der Waals surface area contributed by atoms with Gasteiger partial charge in [-0.15, -0.1) is 0 Å². The molecule has 0 aliphatic carbocycles. The fraction of sp³-hybridized carbons (Fsp3) is 0.364. The third-order valence-electron chi connectivity index (χ3n) is 5.24. The molecule has 8 nitrogen and oxygen atoms in total. The molecule has 0 bridgehead atoms. The lowest BCUT2D eigenvalue weighted by molar-refractivity contribution is -0.114. The average molecular weight is 446 g/mol. The molecule has 2 amide bonds. The highest BCUT2D eigenvalue weighted by molar-refractivity contribution is 7.89. The number of nitrogens with one attached hydrogen (secondary N) is 2. The lowest BCUT2D eigenvalue weighted by atomic mass is 10.0. The van der Waals surface area contributed by atoms with Crippen molar-refractivity contribution in [2.75, 3.05) is 30.8 Å². The largest absolute Gasteiger partial charge is 0.496 e.